The molecular formula is C10H16O4. The third-order valence-corrected chi connectivity index (χ3v) is 1.11. The Hall–Kier alpha value is -1.50. The van der Waals surface area contributed by atoms with Crippen molar-refractivity contribution in [1.29, 1.82) is 0 Å². The minimum absolute atomic E-state index is 0.174. The van der Waals surface area contributed by atoms with Crippen molar-refractivity contribution in [3.05, 3.63) is 0 Å². The first kappa shape index (κ1) is 15.0. The van der Waals surface area contributed by atoms with Gasteiger partial charge >= 0.3 is 11.9 Å². The van der Waals surface area contributed by atoms with Gasteiger partial charge in [0.05, 0.1) is 0 Å². The molecular weight excluding hydrogens is 184 g/mol. The van der Waals surface area contributed by atoms with Gasteiger partial charge in [0.25, 0.3) is 0 Å². The smallest absolute Gasteiger partial charge is 0.318 e. The molecule has 14 heavy (non-hydrogen) atoms. The van der Waals surface area contributed by atoms with Crippen LogP contribution in [0, 0.1) is 12.3 Å². The molecule has 1 N–H and O–H groups in total. The van der Waals surface area contributed by atoms with Crippen LogP contribution in [0.3, 0.4) is 0 Å². The number of aliphatic carboxylic acids is 1. The summed E-state index contributed by atoms with van der Waals surface area (Å²) >= 11 is 0. The summed E-state index contributed by atoms with van der Waals surface area (Å²) in [4.78, 5) is 20.1. The molecule has 0 saturated carbocycles. The van der Waals surface area contributed by atoms with Crippen LogP contribution in [0.15, 0.2) is 0 Å². The van der Waals surface area contributed by atoms with Crippen molar-refractivity contribution in [3.8, 4) is 12.3 Å². The molecule has 4 heteroatoms. The molecule has 0 fully saturated rings. The second kappa shape index (κ2) is 11.5. The Kier molecular flexibility index (Phi) is 12.3. The van der Waals surface area contributed by atoms with Gasteiger partial charge in [-0.25, -0.2) is 0 Å². The van der Waals surface area contributed by atoms with E-state index in [4.69, 9.17) is 11.5 Å². The van der Waals surface area contributed by atoms with Gasteiger partial charge in [0, 0.05) is 0 Å². The van der Waals surface area contributed by atoms with Gasteiger partial charge < -0.3 is 9.84 Å². The number of esters is 1. The maximum atomic E-state index is 10.3. The summed E-state index contributed by atoms with van der Waals surface area (Å²) in [7, 11) is 0. The molecule has 0 radical (unpaired) electrons. The molecule has 0 bridgehead atoms. The number of hydrogen-bond acceptors (Lipinski definition) is 3. The number of carboxylic acids is 1. The fourth-order valence-corrected chi connectivity index (χ4v) is 0.297. The number of unbranched alkanes of at least 4 members (excludes halogenated alkanes) is 1. The predicted octanol–water partition coefficient (Wildman–Crippen LogP) is 1.44. The molecule has 80 valence electrons. The van der Waals surface area contributed by atoms with Crippen molar-refractivity contribution in [2.45, 2.75) is 33.1 Å². The molecule has 0 aromatic heterocycles. The Morgan fingerprint density at radius 2 is 1.86 bits per heavy atom. The third kappa shape index (κ3) is 16.8. The number of rotatable bonds is 4. The molecule has 0 atom stereocenters. The Morgan fingerprint density at radius 3 is 2.14 bits per heavy atom. The van der Waals surface area contributed by atoms with Gasteiger partial charge in [0.1, 0.15) is 6.42 Å². The first-order valence-electron chi connectivity index (χ1n) is 4.39. The van der Waals surface area contributed by atoms with Gasteiger partial charge in [-0.15, -0.1) is 6.42 Å². The molecule has 0 aliphatic carbocycles. The van der Waals surface area contributed by atoms with Crippen LogP contribution in [-0.2, 0) is 14.3 Å². The molecule has 0 aliphatic rings. The van der Waals surface area contributed by atoms with Crippen LogP contribution in [0.1, 0.15) is 33.1 Å². The van der Waals surface area contributed by atoms with E-state index in [1.807, 2.05) is 5.92 Å². The van der Waals surface area contributed by atoms with E-state index in [0.29, 0.717) is 0 Å². The average Bonchev–Trinajstić information content (AvgIpc) is 2.14. The van der Waals surface area contributed by atoms with Crippen LogP contribution in [0.2, 0.25) is 0 Å². The molecule has 0 heterocycles. The number of terminal acetylenes is 1. The van der Waals surface area contributed by atoms with Gasteiger partial charge in [-0.2, -0.15) is 0 Å². The van der Waals surface area contributed by atoms with Crippen molar-refractivity contribution in [3.63, 3.8) is 0 Å². The van der Waals surface area contributed by atoms with Crippen LogP contribution in [0.5, 0.6) is 0 Å². The second-order valence-corrected chi connectivity index (χ2v) is 2.44. The molecule has 0 amide bonds. The Labute approximate surface area is 84.3 Å². The van der Waals surface area contributed by atoms with E-state index in [1.54, 1.807) is 0 Å². The quantitative estimate of drug-likeness (QED) is 0.423. The molecule has 0 rings (SSSR count). The average molecular weight is 200 g/mol. The van der Waals surface area contributed by atoms with Crippen molar-refractivity contribution in [2.24, 2.45) is 0 Å². The SMILES string of the molecule is C#CCOC(=O)CC(=O)O.CCCC. The second-order valence-electron chi connectivity index (χ2n) is 2.44. The van der Waals surface area contributed by atoms with E-state index in [-0.39, 0.29) is 6.61 Å². The van der Waals surface area contributed by atoms with Gasteiger partial charge in [0.2, 0.25) is 0 Å². The maximum Gasteiger partial charge on any atom is 0.318 e. The van der Waals surface area contributed by atoms with Gasteiger partial charge in [0.15, 0.2) is 6.61 Å². The monoisotopic (exact) mass is 200 g/mol. The molecule has 0 aromatic carbocycles. The number of hydrogen-bond donors (Lipinski definition) is 1. The van der Waals surface area contributed by atoms with E-state index in [2.05, 4.69) is 18.6 Å². The summed E-state index contributed by atoms with van der Waals surface area (Å²) in [6.45, 7) is 4.19. The number of carboxylic acid groups (broad SMARTS) is 1. The van der Waals surface area contributed by atoms with Crippen LogP contribution in [0.25, 0.3) is 0 Å². The lowest BCUT2D eigenvalue weighted by Crippen LogP contribution is -2.10. The topological polar surface area (TPSA) is 63.6 Å². The van der Waals surface area contributed by atoms with Crippen LogP contribution >= 0.6 is 0 Å². The first-order chi connectivity index (χ1) is 6.58. The summed E-state index contributed by atoms with van der Waals surface area (Å²) in [5, 5.41) is 8.03. The van der Waals surface area contributed by atoms with E-state index < -0.39 is 18.4 Å². The largest absolute Gasteiger partial charge is 0.481 e. The lowest BCUT2D eigenvalue weighted by molar-refractivity contribution is -0.150. The van der Waals surface area contributed by atoms with Crippen LogP contribution < -0.4 is 0 Å². The highest BCUT2D eigenvalue weighted by atomic mass is 16.5. The van der Waals surface area contributed by atoms with Gasteiger partial charge in [-0.3, -0.25) is 9.59 Å². The predicted molar refractivity (Wildman–Crippen MR) is 52.6 cm³/mol. The first-order valence-corrected chi connectivity index (χ1v) is 4.39. The zero-order valence-electron chi connectivity index (χ0n) is 8.58. The fourth-order valence-electron chi connectivity index (χ4n) is 0.297. The normalized spacial score (nSPS) is 7.79. The highest BCUT2D eigenvalue weighted by Gasteiger charge is 2.06. The molecule has 0 spiro atoms. The molecule has 4 nitrogen and oxygen atoms in total. The standard InChI is InChI=1S/C6H6O4.C4H10/c1-2-3-10-6(9)4-5(7)8;1-3-4-2/h1H,3-4H2,(H,7,8);3-4H2,1-2H3. The number of carbonyl (C=O) groups excluding carboxylic acids is 1. The van der Waals surface area contributed by atoms with E-state index in [1.165, 1.54) is 12.8 Å². The maximum absolute atomic E-state index is 10.3. The highest BCUT2D eigenvalue weighted by molar-refractivity contribution is 5.90. The summed E-state index contributed by atoms with van der Waals surface area (Å²) in [5.41, 5.74) is 0. The van der Waals surface area contributed by atoms with E-state index in [9.17, 15) is 9.59 Å². The van der Waals surface area contributed by atoms with Crippen molar-refractivity contribution < 1.29 is 19.4 Å². The third-order valence-electron chi connectivity index (χ3n) is 1.11. The summed E-state index contributed by atoms with van der Waals surface area (Å²) in [5.74, 6) is 0.00111. The minimum Gasteiger partial charge on any atom is -0.481 e. The van der Waals surface area contributed by atoms with Crippen LogP contribution in [-0.4, -0.2) is 23.7 Å². The molecule has 0 aliphatic heterocycles. The Bertz CT molecular complexity index is 201. The van der Waals surface area contributed by atoms with Crippen LogP contribution in [0.4, 0.5) is 0 Å². The molecule has 0 saturated heterocycles. The summed E-state index contributed by atoms with van der Waals surface area (Å²) in [6.07, 6.45) is 6.73. The lowest BCUT2D eigenvalue weighted by atomic mass is 10.4. The number of carbonyl (C=O) groups is 2. The minimum atomic E-state index is -1.22. The van der Waals surface area contributed by atoms with Crippen molar-refractivity contribution in [1.82, 2.24) is 0 Å². The van der Waals surface area contributed by atoms with Gasteiger partial charge in [-0.1, -0.05) is 32.6 Å². The zero-order valence-corrected chi connectivity index (χ0v) is 8.58. The highest BCUT2D eigenvalue weighted by Crippen LogP contribution is 1.84. The molecule has 0 aromatic rings. The molecule has 0 unspecified atom stereocenters. The Balaban J connectivity index is 0. The van der Waals surface area contributed by atoms with E-state index >= 15 is 0 Å². The zero-order chi connectivity index (χ0) is 11.4. The number of ether oxygens (including phenoxy) is 1. The summed E-state index contributed by atoms with van der Waals surface area (Å²) < 4.78 is 4.25. The lowest BCUT2D eigenvalue weighted by Gasteiger charge is -1.94. The van der Waals surface area contributed by atoms with Crippen molar-refractivity contribution >= 4 is 11.9 Å². The van der Waals surface area contributed by atoms with E-state index in [0.717, 1.165) is 0 Å². The van der Waals surface area contributed by atoms with Crippen molar-refractivity contribution in [2.75, 3.05) is 6.61 Å². The van der Waals surface area contributed by atoms with Gasteiger partial charge in [-0.05, 0) is 0 Å². The Morgan fingerprint density at radius 1 is 1.36 bits per heavy atom. The fraction of sp³-hybridized carbons (Fsp3) is 0.600. The summed E-state index contributed by atoms with van der Waals surface area (Å²) in [6, 6.07) is 0.